The molecule has 0 aliphatic rings. The first kappa shape index (κ1) is 13.3. The Labute approximate surface area is 89.4 Å². The molecule has 0 radical (unpaired) electrons. The summed E-state index contributed by atoms with van der Waals surface area (Å²) >= 11 is 0. The molecule has 0 aromatic heterocycles. The van der Waals surface area contributed by atoms with E-state index in [-0.39, 0.29) is 0 Å². The molecule has 2 heteroatoms. The van der Waals surface area contributed by atoms with Gasteiger partial charge in [0.1, 0.15) is 0 Å². The topological polar surface area (TPSA) is 15.3 Å². The average Bonchev–Trinajstić information content (AvgIpc) is 2.11. The fraction of sp³-hybridized carbons (Fsp3) is 0.833. The van der Waals surface area contributed by atoms with Gasteiger partial charge in [-0.1, -0.05) is 20.8 Å². The van der Waals surface area contributed by atoms with Crippen LogP contribution in [0.5, 0.6) is 0 Å². The van der Waals surface area contributed by atoms with Crippen LogP contribution in [0.3, 0.4) is 0 Å². The Hall–Kier alpha value is -0.660. The van der Waals surface area contributed by atoms with Gasteiger partial charge in [-0.3, -0.25) is 0 Å². The maximum Gasteiger partial charge on any atom is 0.0167 e. The lowest BCUT2D eigenvalue weighted by atomic mass is 10.1. The van der Waals surface area contributed by atoms with Crippen molar-refractivity contribution in [2.45, 2.75) is 40.0 Å². The fourth-order valence-electron chi connectivity index (χ4n) is 1.30. The summed E-state index contributed by atoms with van der Waals surface area (Å²) in [6.45, 7) is 8.95. The largest absolute Gasteiger partial charge is 0.390 e. The third-order valence-corrected chi connectivity index (χ3v) is 2.13. The van der Waals surface area contributed by atoms with Crippen LogP contribution >= 0.6 is 0 Å². The van der Waals surface area contributed by atoms with Gasteiger partial charge in [0.25, 0.3) is 0 Å². The number of hydrogen-bond donors (Lipinski definition) is 1. The normalized spacial score (nSPS) is 11.2. The second-order valence-corrected chi connectivity index (χ2v) is 4.29. The number of nitrogens with one attached hydrogen (secondary N) is 1. The molecule has 0 amide bonds. The van der Waals surface area contributed by atoms with Gasteiger partial charge in [0, 0.05) is 32.5 Å². The molecule has 14 heavy (non-hydrogen) atoms. The summed E-state index contributed by atoms with van der Waals surface area (Å²) in [5.74, 6) is 0.823. The van der Waals surface area contributed by atoms with Crippen LogP contribution in [0.2, 0.25) is 0 Å². The highest BCUT2D eigenvalue weighted by Crippen LogP contribution is 2.01. The van der Waals surface area contributed by atoms with Crippen molar-refractivity contribution in [2.75, 3.05) is 20.1 Å². The van der Waals surface area contributed by atoms with Crippen molar-refractivity contribution in [1.82, 2.24) is 10.2 Å². The molecule has 0 saturated heterocycles. The van der Waals surface area contributed by atoms with Crippen molar-refractivity contribution in [1.29, 1.82) is 0 Å². The van der Waals surface area contributed by atoms with E-state index in [0.717, 1.165) is 19.0 Å². The van der Waals surface area contributed by atoms with Gasteiger partial charge in [-0.25, -0.2) is 0 Å². The molecule has 0 aliphatic carbocycles. The molecule has 2 nitrogen and oxygen atoms in total. The molecule has 0 bridgehead atoms. The Balaban J connectivity index is 3.26. The summed E-state index contributed by atoms with van der Waals surface area (Å²) in [5, 5.41) is 3.31. The van der Waals surface area contributed by atoms with Gasteiger partial charge in [-0.05, 0) is 25.2 Å². The molecule has 84 valence electrons. The average molecular weight is 198 g/mol. The van der Waals surface area contributed by atoms with Crippen LogP contribution in [-0.4, -0.2) is 25.0 Å². The second-order valence-electron chi connectivity index (χ2n) is 4.29. The van der Waals surface area contributed by atoms with Gasteiger partial charge in [0.05, 0.1) is 0 Å². The first-order valence-corrected chi connectivity index (χ1v) is 5.77. The second kappa shape index (κ2) is 8.92. The molecule has 0 rings (SSSR count). The maximum atomic E-state index is 3.31. The molecule has 0 spiro atoms. The molecule has 0 aromatic rings. The van der Waals surface area contributed by atoms with Crippen molar-refractivity contribution in [3.8, 4) is 0 Å². The van der Waals surface area contributed by atoms with Crippen LogP contribution in [0.4, 0.5) is 0 Å². The third-order valence-electron chi connectivity index (χ3n) is 2.13. The molecule has 0 saturated carbocycles. The molecular weight excluding hydrogens is 172 g/mol. The van der Waals surface area contributed by atoms with E-state index in [2.05, 4.69) is 50.4 Å². The van der Waals surface area contributed by atoms with Gasteiger partial charge < -0.3 is 10.2 Å². The molecule has 1 N–H and O–H groups in total. The van der Waals surface area contributed by atoms with Gasteiger partial charge in [0.15, 0.2) is 0 Å². The monoisotopic (exact) mass is 198 g/mol. The first-order chi connectivity index (χ1) is 6.66. The van der Waals surface area contributed by atoms with Crippen molar-refractivity contribution < 1.29 is 0 Å². The third kappa shape index (κ3) is 9.43. The zero-order valence-corrected chi connectivity index (χ0v) is 10.2. The summed E-state index contributed by atoms with van der Waals surface area (Å²) in [6, 6.07) is 0. The van der Waals surface area contributed by atoms with Crippen LogP contribution in [0.15, 0.2) is 12.4 Å². The van der Waals surface area contributed by atoms with Crippen molar-refractivity contribution in [2.24, 2.45) is 5.92 Å². The summed E-state index contributed by atoms with van der Waals surface area (Å²) in [7, 11) is 2.11. The van der Waals surface area contributed by atoms with Crippen LogP contribution in [0.25, 0.3) is 0 Å². The van der Waals surface area contributed by atoms with E-state index in [4.69, 9.17) is 0 Å². The number of hydrogen-bond acceptors (Lipinski definition) is 2. The van der Waals surface area contributed by atoms with E-state index in [1.54, 1.807) is 0 Å². The lowest BCUT2D eigenvalue weighted by Gasteiger charge is -2.11. The Bertz CT molecular complexity index is 141. The summed E-state index contributed by atoms with van der Waals surface area (Å²) in [6.07, 6.45) is 7.94. The van der Waals surface area contributed by atoms with Crippen molar-refractivity contribution in [3.05, 3.63) is 12.4 Å². The molecule has 0 aliphatic heterocycles. The summed E-state index contributed by atoms with van der Waals surface area (Å²) in [4.78, 5) is 2.20. The van der Waals surface area contributed by atoms with E-state index < -0.39 is 0 Å². The highest BCUT2D eigenvalue weighted by Gasteiger charge is 1.91. The Morgan fingerprint density at radius 2 is 2.07 bits per heavy atom. The molecule has 0 heterocycles. The molecule has 0 unspecified atom stereocenters. The number of nitrogens with zero attached hydrogens (tertiary/aromatic N) is 1. The van der Waals surface area contributed by atoms with Gasteiger partial charge in [-0.2, -0.15) is 0 Å². The van der Waals surface area contributed by atoms with Crippen LogP contribution in [-0.2, 0) is 0 Å². The number of rotatable bonds is 8. The fourth-order valence-corrected chi connectivity index (χ4v) is 1.30. The predicted molar refractivity (Wildman–Crippen MR) is 64.1 cm³/mol. The Kier molecular flexibility index (Phi) is 8.50. The Morgan fingerprint density at radius 1 is 1.36 bits per heavy atom. The predicted octanol–water partition coefficient (Wildman–Crippen LogP) is 2.83. The summed E-state index contributed by atoms with van der Waals surface area (Å²) in [5.41, 5.74) is 0. The molecule has 0 atom stereocenters. The quantitative estimate of drug-likeness (QED) is 0.603. The highest BCUT2D eigenvalue weighted by molar-refractivity contribution is 4.78. The van der Waals surface area contributed by atoms with Gasteiger partial charge >= 0.3 is 0 Å². The molecular formula is C12H26N2. The smallest absolute Gasteiger partial charge is 0.0167 e. The Morgan fingerprint density at radius 3 is 2.64 bits per heavy atom. The van der Waals surface area contributed by atoms with Crippen LogP contribution in [0.1, 0.15) is 40.0 Å². The minimum absolute atomic E-state index is 0.823. The molecule has 0 fully saturated rings. The maximum absolute atomic E-state index is 3.31. The standard InChI is InChI=1S/C12H26N2/c1-5-10-14(4)11-9-13-8-6-7-12(2)3/h9,11-13H,5-8,10H2,1-4H3/b11-9-. The molecule has 0 aromatic carbocycles. The zero-order valence-electron chi connectivity index (χ0n) is 10.2. The van der Waals surface area contributed by atoms with Crippen LogP contribution < -0.4 is 5.32 Å². The highest BCUT2D eigenvalue weighted by atomic mass is 15.1. The van der Waals surface area contributed by atoms with Crippen molar-refractivity contribution in [3.63, 3.8) is 0 Å². The minimum Gasteiger partial charge on any atom is -0.390 e. The minimum atomic E-state index is 0.823. The first-order valence-electron chi connectivity index (χ1n) is 5.77. The SMILES string of the molecule is CCCN(C)/C=C\NCCCC(C)C. The van der Waals surface area contributed by atoms with E-state index in [1.165, 1.54) is 19.3 Å². The van der Waals surface area contributed by atoms with E-state index in [9.17, 15) is 0 Å². The zero-order chi connectivity index (χ0) is 10.8. The van der Waals surface area contributed by atoms with Gasteiger partial charge in [-0.15, -0.1) is 0 Å². The van der Waals surface area contributed by atoms with E-state index in [0.29, 0.717) is 0 Å². The van der Waals surface area contributed by atoms with E-state index in [1.807, 2.05) is 0 Å². The van der Waals surface area contributed by atoms with Crippen LogP contribution in [0, 0.1) is 5.92 Å². The lowest BCUT2D eigenvalue weighted by molar-refractivity contribution is 0.451. The van der Waals surface area contributed by atoms with Gasteiger partial charge in [0.2, 0.25) is 0 Å². The lowest BCUT2D eigenvalue weighted by Crippen LogP contribution is -2.14. The summed E-state index contributed by atoms with van der Waals surface area (Å²) < 4.78 is 0. The van der Waals surface area contributed by atoms with E-state index >= 15 is 0 Å². The van der Waals surface area contributed by atoms with Crippen molar-refractivity contribution >= 4 is 0 Å².